The zero-order valence-corrected chi connectivity index (χ0v) is 20.6. The highest BCUT2D eigenvalue weighted by molar-refractivity contribution is 7.07. The molecule has 34 heavy (non-hydrogen) atoms. The molecule has 3 heterocycles. The zero-order chi connectivity index (χ0) is 23.8. The Morgan fingerprint density at radius 1 is 1.15 bits per heavy atom. The summed E-state index contributed by atoms with van der Waals surface area (Å²) < 4.78 is 7.69. The average molecular weight is 481 g/mol. The zero-order valence-electron chi connectivity index (χ0n) is 19.8. The van der Waals surface area contributed by atoms with E-state index in [1.807, 2.05) is 32.2 Å². The Balaban J connectivity index is 1.57. The number of aryl methyl sites for hydroxylation is 1. The average Bonchev–Trinajstić information content (AvgIpc) is 3.26. The molecule has 0 spiro atoms. The second-order valence-corrected chi connectivity index (χ2v) is 8.98. The lowest BCUT2D eigenvalue weighted by atomic mass is 10.1. The second-order valence-electron chi connectivity index (χ2n) is 8.15. The number of hydrogen-bond donors (Lipinski definition) is 2. The van der Waals surface area contributed by atoms with E-state index in [4.69, 9.17) is 9.73 Å². The van der Waals surface area contributed by atoms with Crippen molar-refractivity contribution in [3.05, 3.63) is 58.3 Å². The van der Waals surface area contributed by atoms with Gasteiger partial charge in [0.15, 0.2) is 10.6 Å². The largest absolute Gasteiger partial charge is 0.378 e. The highest BCUT2D eigenvalue weighted by atomic mass is 32.1. The Labute approximate surface area is 204 Å². The van der Waals surface area contributed by atoms with Crippen LogP contribution in [0.15, 0.2) is 53.0 Å². The highest BCUT2D eigenvalue weighted by Gasteiger charge is 2.13. The molecule has 180 valence electrons. The van der Waals surface area contributed by atoms with E-state index in [1.54, 1.807) is 11.3 Å². The number of rotatable bonds is 8. The monoisotopic (exact) mass is 480 g/mol. The van der Waals surface area contributed by atoms with E-state index in [-0.39, 0.29) is 6.03 Å². The maximum absolute atomic E-state index is 11.7. The minimum absolute atomic E-state index is 0.134. The molecule has 0 unspecified atom stereocenters. The molecule has 1 fully saturated rings. The van der Waals surface area contributed by atoms with Gasteiger partial charge in [0, 0.05) is 50.0 Å². The molecule has 1 saturated heterocycles. The van der Waals surface area contributed by atoms with Gasteiger partial charge in [-0.15, -0.1) is 11.3 Å². The van der Waals surface area contributed by atoms with Crippen LogP contribution in [0.4, 0.5) is 16.3 Å². The van der Waals surface area contributed by atoms with Crippen molar-refractivity contribution in [3.8, 4) is 11.3 Å². The fourth-order valence-corrected chi connectivity index (χ4v) is 4.76. The molecule has 8 nitrogen and oxygen atoms in total. The molecule has 0 atom stereocenters. The van der Waals surface area contributed by atoms with Crippen molar-refractivity contribution in [1.82, 2.24) is 20.2 Å². The number of nitrogens with zero attached hydrogens (tertiary/aromatic N) is 4. The summed E-state index contributed by atoms with van der Waals surface area (Å²) in [5.74, 6) is 0.691. The summed E-state index contributed by atoms with van der Waals surface area (Å²) in [6, 6.07) is 12.5. The van der Waals surface area contributed by atoms with Gasteiger partial charge in [-0.3, -0.25) is 0 Å². The number of ether oxygens (including phenoxy) is 1. The summed E-state index contributed by atoms with van der Waals surface area (Å²) in [5, 5.41) is 7.82. The Morgan fingerprint density at radius 2 is 1.94 bits per heavy atom. The molecule has 0 saturated carbocycles. The first kappa shape index (κ1) is 24.0. The van der Waals surface area contributed by atoms with Gasteiger partial charge in [0.25, 0.3) is 0 Å². The van der Waals surface area contributed by atoms with Gasteiger partial charge >= 0.3 is 6.03 Å². The minimum Gasteiger partial charge on any atom is -0.378 e. The quantitative estimate of drug-likeness (QED) is 0.482. The lowest BCUT2D eigenvalue weighted by Gasteiger charge is -2.28. The number of carbonyl (C=O) groups excluding carboxylic acids is 1. The number of pyridine rings is 1. The van der Waals surface area contributed by atoms with Crippen LogP contribution in [-0.4, -0.2) is 55.0 Å². The van der Waals surface area contributed by atoms with Crippen LogP contribution >= 0.6 is 11.3 Å². The van der Waals surface area contributed by atoms with Crippen LogP contribution in [0.2, 0.25) is 0 Å². The SMILES string of the molecule is CCNC(=O)NCCCn1c(-c2ccc(N3CCOCC3)cc2)csc1=Nc1ccc(C)cn1. The van der Waals surface area contributed by atoms with E-state index in [1.165, 1.54) is 5.69 Å². The molecule has 1 aromatic carbocycles. The van der Waals surface area contributed by atoms with Crippen molar-refractivity contribution < 1.29 is 9.53 Å². The maximum atomic E-state index is 11.7. The number of benzene rings is 1. The van der Waals surface area contributed by atoms with Crippen LogP contribution < -0.4 is 20.3 Å². The second kappa shape index (κ2) is 11.8. The molecular formula is C25H32N6O2S. The van der Waals surface area contributed by atoms with Gasteiger partial charge in [-0.05, 0) is 49.6 Å². The fourth-order valence-electron chi connectivity index (χ4n) is 3.82. The predicted molar refractivity (Wildman–Crippen MR) is 137 cm³/mol. The van der Waals surface area contributed by atoms with E-state index in [2.05, 4.69) is 54.7 Å². The Bertz CT molecular complexity index is 1130. The third kappa shape index (κ3) is 6.24. The molecule has 0 aliphatic carbocycles. The molecule has 2 aromatic heterocycles. The molecule has 0 bridgehead atoms. The topological polar surface area (TPSA) is 83.8 Å². The van der Waals surface area contributed by atoms with E-state index in [0.29, 0.717) is 18.9 Å². The Morgan fingerprint density at radius 3 is 2.65 bits per heavy atom. The van der Waals surface area contributed by atoms with E-state index in [0.717, 1.165) is 60.9 Å². The van der Waals surface area contributed by atoms with Crippen LogP contribution in [0.5, 0.6) is 0 Å². The number of hydrogen-bond acceptors (Lipinski definition) is 6. The molecule has 2 N–H and O–H groups in total. The van der Waals surface area contributed by atoms with Crippen molar-refractivity contribution in [1.29, 1.82) is 0 Å². The molecular weight excluding hydrogens is 448 g/mol. The summed E-state index contributed by atoms with van der Waals surface area (Å²) in [7, 11) is 0. The van der Waals surface area contributed by atoms with Crippen LogP contribution in [0.3, 0.4) is 0 Å². The van der Waals surface area contributed by atoms with E-state index < -0.39 is 0 Å². The summed E-state index contributed by atoms with van der Waals surface area (Å²) in [5.41, 5.74) is 4.58. The van der Waals surface area contributed by atoms with Gasteiger partial charge in [-0.2, -0.15) is 0 Å². The number of nitrogens with one attached hydrogen (secondary N) is 2. The third-order valence-corrected chi connectivity index (χ3v) is 6.49. The molecule has 9 heteroatoms. The van der Waals surface area contributed by atoms with Crippen molar-refractivity contribution in [2.45, 2.75) is 26.8 Å². The van der Waals surface area contributed by atoms with Gasteiger partial charge in [0.1, 0.15) is 0 Å². The smallest absolute Gasteiger partial charge is 0.314 e. The molecule has 1 aliphatic heterocycles. The summed E-state index contributed by atoms with van der Waals surface area (Å²) >= 11 is 1.60. The number of urea groups is 1. The van der Waals surface area contributed by atoms with Gasteiger partial charge in [0.05, 0.1) is 18.9 Å². The standard InChI is InChI=1S/C25H32N6O2S/c1-3-26-24(32)27-11-4-12-31-22(18-34-25(31)29-23-10-5-19(2)17-28-23)20-6-8-21(9-7-20)30-13-15-33-16-14-30/h5-10,17-18H,3-4,11-16H2,1-2H3,(H2,26,27,32). The van der Waals surface area contributed by atoms with Gasteiger partial charge < -0.3 is 24.8 Å². The third-order valence-electron chi connectivity index (χ3n) is 5.62. The van der Waals surface area contributed by atoms with Crippen LogP contribution in [0.25, 0.3) is 11.3 Å². The lowest BCUT2D eigenvalue weighted by molar-refractivity contribution is 0.122. The molecule has 3 aromatic rings. The summed E-state index contributed by atoms with van der Waals surface area (Å²) in [4.78, 5) is 24.2. The van der Waals surface area contributed by atoms with Crippen LogP contribution in [-0.2, 0) is 11.3 Å². The summed E-state index contributed by atoms with van der Waals surface area (Å²) in [6.45, 7) is 9.25. The van der Waals surface area contributed by atoms with Crippen molar-refractivity contribution in [3.63, 3.8) is 0 Å². The molecule has 2 amide bonds. The highest BCUT2D eigenvalue weighted by Crippen LogP contribution is 2.25. The molecule has 4 rings (SSSR count). The predicted octanol–water partition coefficient (Wildman–Crippen LogP) is 3.70. The minimum atomic E-state index is -0.134. The van der Waals surface area contributed by atoms with Gasteiger partial charge in [-0.25, -0.2) is 14.8 Å². The summed E-state index contributed by atoms with van der Waals surface area (Å²) in [6.07, 6.45) is 2.62. The number of carbonyl (C=O) groups is 1. The van der Waals surface area contributed by atoms with Crippen molar-refractivity contribution in [2.24, 2.45) is 4.99 Å². The van der Waals surface area contributed by atoms with Gasteiger partial charge in [-0.1, -0.05) is 18.2 Å². The van der Waals surface area contributed by atoms with Gasteiger partial charge in [0.2, 0.25) is 0 Å². The maximum Gasteiger partial charge on any atom is 0.314 e. The number of amides is 2. The Kier molecular flexibility index (Phi) is 8.32. The lowest BCUT2D eigenvalue weighted by Crippen LogP contribution is -2.36. The first-order chi connectivity index (χ1) is 16.6. The normalized spacial score (nSPS) is 14.3. The first-order valence-corrected chi connectivity index (χ1v) is 12.6. The van der Waals surface area contributed by atoms with Crippen molar-refractivity contribution in [2.75, 3.05) is 44.3 Å². The number of thiazole rings is 1. The van der Waals surface area contributed by atoms with Crippen LogP contribution in [0, 0.1) is 6.92 Å². The van der Waals surface area contributed by atoms with Crippen LogP contribution in [0.1, 0.15) is 18.9 Å². The number of anilines is 1. The Hall–Kier alpha value is -3.17. The fraction of sp³-hybridized carbons (Fsp3) is 0.400. The number of morpholine rings is 1. The molecule has 0 radical (unpaired) electrons. The van der Waals surface area contributed by atoms with Crippen molar-refractivity contribution >= 4 is 28.9 Å². The molecule has 1 aliphatic rings. The first-order valence-electron chi connectivity index (χ1n) is 11.7. The van der Waals surface area contributed by atoms with E-state index in [9.17, 15) is 4.79 Å². The van der Waals surface area contributed by atoms with E-state index >= 15 is 0 Å². The number of aromatic nitrogens is 2.